The van der Waals surface area contributed by atoms with Crippen LogP contribution in [-0.2, 0) is 24.3 Å². The van der Waals surface area contributed by atoms with Crippen molar-refractivity contribution in [1.29, 1.82) is 0 Å². The summed E-state index contributed by atoms with van der Waals surface area (Å²) < 4.78 is 0. The van der Waals surface area contributed by atoms with Gasteiger partial charge in [0.1, 0.15) is 0 Å². The molecule has 5 heteroatoms. The topological polar surface area (TPSA) is 52.2 Å². The van der Waals surface area contributed by atoms with Crippen LogP contribution in [0.4, 0.5) is 0 Å². The van der Waals surface area contributed by atoms with E-state index in [0.717, 1.165) is 45.6 Å². The van der Waals surface area contributed by atoms with Crippen molar-refractivity contribution >= 4 is 5.91 Å². The summed E-state index contributed by atoms with van der Waals surface area (Å²) >= 11 is 0. The minimum absolute atomic E-state index is 0.294. The van der Waals surface area contributed by atoms with Gasteiger partial charge in [-0.2, -0.15) is 5.10 Å². The van der Waals surface area contributed by atoms with E-state index in [2.05, 4.69) is 59.3 Å². The monoisotopic (exact) mass is 366 g/mol. The Morgan fingerprint density at radius 1 is 1.26 bits per heavy atom. The zero-order valence-corrected chi connectivity index (χ0v) is 16.4. The Kier molecular flexibility index (Phi) is 5.30. The Bertz CT molecular complexity index is 783. The van der Waals surface area contributed by atoms with Gasteiger partial charge < -0.3 is 4.90 Å². The van der Waals surface area contributed by atoms with Gasteiger partial charge in [0.05, 0.1) is 5.69 Å². The number of likely N-dealkylation sites (tertiary alicyclic amines) is 1. The summed E-state index contributed by atoms with van der Waals surface area (Å²) in [7, 11) is 0. The number of hydrogen-bond acceptors (Lipinski definition) is 3. The van der Waals surface area contributed by atoms with Gasteiger partial charge in [-0.3, -0.25) is 14.8 Å². The summed E-state index contributed by atoms with van der Waals surface area (Å²) in [5.41, 5.74) is 5.22. The predicted molar refractivity (Wildman–Crippen MR) is 106 cm³/mol. The molecule has 0 saturated carbocycles. The van der Waals surface area contributed by atoms with Gasteiger partial charge in [0.15, 0.2) is 0 Å². The van der Waals surface area contributed by atoms with E-state index in [1.54, 1.807) is 0 Å². The van der Waals surface area contributed by atoms with Crippen LogP contribution in [0.3, 0.4) is 0 Å². The number of carbonyl (C=O) groups excluding carboxylic acids is 1. The Morgan fingerprint density at radius 3 is 2.85 bits per heavy atom. The molecule has 1 N–H and O–H groups in total. The van der Waals surface area contributed by atoms with E-state index in [-0.39, 0.29) is 0 Å². The molecule has 2 aliphatic rings. The van der Waals surface area contributed by atoms with Crippen molar-refractivity contribution < 1.29 is 4.79 Å². The van der Waals surface area contributed by atoms with Gasteiger partial charge in [0.25, 0.3) is 0 Å². The van der Waals surface area contributed by atoms with Gasteiger partial charge in [-0.15, -0.1) is 0 Å². The number of fused-ring (bicyclic) bond motifs is 1. The van der Waals surface area contributed by atoms with Crippen LogP contribution in [0.5, 0.6) is 0 Å². The normalized spacial score (nSPS) is 20.3. The van der Waals surface area contributed by atoms with Crippen molar-refractivity contribution in [2.45, 2.75) is 52.1 Å². The molecule has 27 heavy (non-hydrogen) atoms. The molecule has 1 aromatic heterocycles. The lowest BCUT2D eigenvalue weighted by molar-refractivity contribution is -0.130. The zero-order valence-electron chi connectivity index (χ0n) is 16.4. The first-order chi connectivity index (χ1) is 13.1. The summed E-state index contributed by atoms with van der Waals surface area (Å²) in [6.45, 7) is 8.90. The van der Waals surface area contributed by atoms with Crippen LogP contribution in [0.25, 0.3) is 0 Å². The molecule has 1 unspecified atom stereocenters. The highest BCUT2D eigenvalue weighted by Crippen LogP contribution is 2.32. The molecular weight excluding hydrogens is 336 g/mol. The second-order valence-electron chi connectivity index (χ2n) is 8.44. The number of hydrogen-bond donors (Lipinski definition) is 1. The number of aromatic amines is 1. The van der Waals surface area contributed by atoms with E-state index in [9.17, 15) is 4.79 Å². The Labute approximate surface area is 161 Å². The smallest absolute Gasteiger partial charge is 0.222 e. The standard InChI is InChI=1S/C22H30N4O/c1-16(2)12-21(27)26-11-8-18(14-26)22-19-15-25(10-9-20(19)23-24-22)13-17-6-4-3-5-7-17/h3-7,16,18H,8-15H2,1-2H3,(H,23,24). The molecule has 3 heterocycles. The quantitative estimate of drug-likeness (QED) is 0.883. The first kappa shape index (κ1) is 18.2. The van der Waals surface area contributed by atoms with Gasteiger partial charge >= 0.3 is 0 Å². The number of nitrogens with zero attached hydrogens (tertiary/aromatic N) is 3. The fraction of sp³-hybridized carbons (Fsp3) is 0.545. The third-order valence-corrected chi connectivity index (χ3v) is 5.80. The first-order valence-corrected chi connectivity index (χ1v) is 10.2. The molecule has 0 spiro atoms. The lowest BCUT2D eigenvalue weighted by Gasteiger charge is -2.27. The summed E-state index contributed by atoms with van der Waals surface area (Å²) in [4.78, 5) is 16.9. The van der Waals surface area contributed by atoms with Gasteiger partial charge in [-0.05, 0) is 17.9 Å². The van der Waals surface area contributed by atoms with E-state index in [4.69, 9.17) is 0 Å². The van der Waals surface area contributed by atoms with Gasteiger partial charge in [-0.25, -0.2) is 0 Å². The van der Waals surface area contributed by atoms with E-state index < -0.39 is 0 Å². The van der Waals surface area contributed by atoms with E-state index >= 15 is 0 Å². The maximum absolute atomic E-state index is 12.4. The van der Waals surface area contributed by atoms with Crippen molar-refractivity contribution in [1.82, 2.24) is 20.0 Å². The summed E-state index contributed by atoms with van der Waals surface area (Å²) in [6, 6.07) is 10.7. The number of H-pyrrole nitrogens is 1. The second kappa shape index (κ2) is 7.85. The first-order valence-electron chi connectivity index (χ1n) is 10.2. The number of aromatic nitrogens is 2. The molecule has 2 aliphatic heterocycles. The summed E-state index contributed by atoms with van der Waals surface area (Å²) in [5.74, 6) is 1.08. The highest BCUT2D eigenvalue weighted by atomic mass is 16.2. The molecule has 0 bridgehead atoms. The van der Waals surface area contributed by atoms with Crippen molar-refractivity contribution in [3.63, 3.8) is 0 Å². The number of benzene rings is 1. The summed E-state index contributed by atoms with van der Waals surface area (Å²) in [6.07, 6.45) is 2.70. The van der Waals surface area contributed by atoms with Crippen LogP contribution >= 0.6 is 0 Å². The third kappa shape index (κ3) is 4.08. The Balaban J connectivity index is 1.43. The predicted octanol–water partition coefficient (Wildman–Crippen LogP) is 3.33. The molecule has 4 rings (SSSR count). The van der Waals surface area contributed by atoms with Crippen LogP contribution in [0, 0.1) is 5.92 Å². The average molecular weight is 367 g/mol. The number of rotatable bonds is 5. The van der Waals surface area contributed by atoms with Crippen molar-refractivity contribution in [2.75, 3.05) is 19.6 Å². The SMILES string of the molecule is CC(C)CC(=O)N1CCC(c2n[nH]c3c2CN(Cc2ccccc2)CC3)C1. The summed E-state index contributed by atoms with van der Waals surface area (Å²) in [5, 5.41) is 7.97. The molecule has 1 saturated heterocycles. The molecule has 1 aromatic carbocycles. The van der Waals surface area contributed by atoms with Crippen LogP contribution in [-0.4, -0.2) is 45.5 Å². The minimum atomic E-state index is 0.294. The molecule has 1 atom stereocenters. The van der Waals surface area contributed by atoms with Crippen LogP contribution in [0.15, 0.2) is 30.3 Å². The van der Waals surface area contributed by atoms with Gasteiger partial charge in [0.2, 0.25) is 5.91 Å². The maximum atomic E-state index is 12.4. The van der Waals surface area contributed by atoms with Crippen LogP contribution in [0.2, 0.25) is 0 Å². The second-order valence-corrected chi connectivity index (χ2v) is 8.44. The number of carbonyl (C=O) groups is 1. The molecule has 144 valence electrons. The fourth-order valence-electron chi connectivity index (χ4n) is 4.38. The van der Waals surface area contributed by atoms with Gasteiger partial charge in [0, 0.05) is 62.7 Å². The van der Waals surface area contributed by atoms with Crippen molar-refractivity contribution in [2.24, 2.45) is 5.92 Å². The molecule has 0 radical (unpaired) electrons. The average Bonchev–Trinajstić information content (AvgIpc) is 3.28. The highest BCUT2D eigenvalue weighted by molar-refractivity contribution is 5.76. The lowest BCUT2D eigenvalue weighted by Crippen LogP contribution is -2.31. The van der Waals surface area contributed by atoms with Crippen LogP contribution in [0.1, 0.15) is 55.1 Å². The Morgan fingerprint density at radius 2 is 2.07 bits per heavy atom. The van der Waals surface area contributed by atoms with Gasteiger partial charge in [-0.1, -0.05) is 44.2 Å². The van der Waals surface area contributed by atoms with Crippen molar-refractivity contribution in [3.8, 4) is 0 Å². The number of nitrogens with one attached hydrogen (secondary N) is 1. The highest BCUT2D eigenvalue weighted by Gasteiger charge is 2.32. The fourth-order valence-corrected chi connectivity index (χ4v) is 4.38. The van der Waals surface area contributed by atoms with E-state index in [1.807, 2.05) is 4.90 Å². The maximum Gasteiger partial charge on any atom is 0.222 e. The molecule has 2 aromatic rings. The zero-order chi connectivity index (χ0) is 18.8. The molecular formula is C22H30N4O. The third-order valence-electron chi connectivity index (χ3n) is 5.80. The molecule has 1 amide bonds. The van der Waals surface area contributed by atoms with Crippen LogP contribution < -0.4 is 0 Å². The largest absolute Gasteiger partial charge is 0.342 e. The minimum Gasteiger partial charge on any atom is -0.342 e. The molecule has 1 fully saturated rings. The van der Waals surface area contributed by atoms with E-state index in [1.165, 1.54) is 22.5 Å². The lowest BCUT2D eigenvalue weighted by atomic mass is 9.96. The number of amides is 1. The van der Waals surface area contributed by atoms with E-state index in [0.29, 0.717) is 24.2 Å². The Hall–Kier alpha value is -2.14. The molecule has 5 nitrogen and oxygen atoms in total. The molecule has 0 aliphatic carbocycles. The van der Waals surface area contributed by atoms with Crippen molar-refractivity contribution in [3.05, 3.63) is 52.8 Å².